The highest BCUT2D eigenvalue weighted by Crippen LogP contribution is 2.12. The molecule has 0 aliphatic heterocycles. The highest BCUT2D eigenvalue weighted by molar-refractivity contribution is 9.08. The maximum absolute atomic E-state index is 12.0. The molecule has 0 saturated carbocycles. The van der Waals surface area contributed by atoms with Crippen LogP contribution < -0.4 is 0 Å². The maximum atomic E-state index is 12.0. The third-order valence-corrected chi connectivity index (χ3v) is 3.49. The van der Waals surface area contributed by atoms with Crippen LogP contribution in [0.5, 0.6) is 0 Å². The first-order valence-corrected chi connectivity index (χ1v) is 7.09. The van der Waals surface area contributed by atoms with E-state index < -0.39 is 0 Å². The van der Waals surface area contributed by atoms with E-state index in [1.54, 1.807) is 36.4 Å². The predicted octanol–water partition coefficient (Wildman–Crippen LogP) is 4.04. The lowest BCUT2D eigenvalue weighted by Crippen LogP contribution is -2.08. The van der Waals surface area contributed by atoms with E-state index in [9.17, 15) is 9.59 Å². The van der Waals surface area contributed by atoms with Gasteiger partial charge in [0, 0.05) is 16.5 Å². The van der Waals surface area contributed by atoms with Gasteiger partial charge in [0.05, 0.1) is 6.42 Å². The number of alkyl halides is 1. The second kappa shape index (κ2) is 6.43. The van der Waals surface area contributed by atoms with Crippen LogP contribution in [0.25, 0.3) is 0 Å². The number of Topliss-reactive ketones (excluding diaryl/α,β-unsaturated/α-hetero) is 2. The summed E-state index contributed by atoms with van der Waals surface area (Å²) in [5.74, 6) is -0.287. The molecular formula is C16H13BrO2. The molecule has 0 N–H and O–H groups in total. The van der Waals surface area contributed by atoms with E-state index in [4.69, 9.17) is 0 Å². The molecule has 19 heavy (non-hydrogen) atoms. The molecule has 96 valence electrons. The monoisotopic (exact) mass is 316 g/mol. The number of hydrogen-bond donors (Lipinski definition) is 0. The van der Waals surface area contributed by atoms with Crippen molar-refractivity contribution in [2.24, 2.45) is 0 Å². The minimum atomic E-state index is -0.144. The van der Waals surface area contributed by atoms with E-state index >= 15 is 0 Å². The summed E-state index contributed by atoms with van der Waals surface area (Å²) in [6.07, 6.45) is -0.0856. The lowest BCUT2D eigenvalue weighted by molar-refractivity contribution is 0.0894. The largest absolute Gasteiger partial charge is 0.294 e. The predicted molar refractivity (Wildman–Crippen MR) is 78.8 cm³/mol. The molecule has 0 unspecified atom stereocenters. The van der Waals surface area contributed by atoms with Gasteiger partial charge in [-0.2, -0.15) is 0 Å². The molecule has 0 aliphatic carbocycles. The van der Waals surface area contributed by atoms with Gasteiger partial charge >= 0.3 is 0 Å². The first-order chi connectivity index (χ1) is 9.20. The number of hydrogen-bond acceptors (Lipinski definition) is 2. The highest BCUT2D eigenvalue weighted by Gasteiger charge is 2.13. The second-order valence-corrected chi connectivity index (χ2v) is 4.78. The topological polar surface area (TPSA) is 34.1 Å². The second-order valence-electron chi connectivity index (χ2n) is 4.22. The van der Waals surface area contributed by atoms with Crippen LogP contribution in [-0.2, 0) is 5.33 Å². The van der Waals surface area contributed by atoms with Gasteiger partial charge in [0.1, 0.15) is 0 Å². The summed E-state index contributed by atoms with van der Waals surface area (Å²) in [5, 5.41) is 0.754. The summed E-state index contributed by atoms with van der Waals surface area (Å²) >= 11 is 3.35. The van der Waals surface area contributed by atoms with Gasteiger partial charge in [0.2, 0.25) is 0 Å². The van der Waals surface area contributed by atoms with Gasteiger partial charge < -0.3 is 0 Å². The number of ketones is 2. The average molecular weight is 317 g/mol. The summed E-state index contributed by atoms with van der Waals surface area (Å²) in [4.78, 5) is 23.9. The van der Waals surface area contributed by atoms with Crippen molar-refractivity contribution in [1.29, 1.82) is 0 Å². The first-order valence-electron chi connectivity index (χ1n) is 5.97. The Hall–Kier alpha value is -1.74. The third kappa shape index (κ3) is 3.61. The van der Waals surface area contributed by atoms with Crippen molar-refractivity contribution in [3.05, 3.63) is 71.3 Å². The van der Waals surface area contributed by atoms with Gasteiger partial charge in [0.15, 0.2) is 11.6 Å². The van der Waals surface area contributed by atoms with Crippen LogP contribution in [0.2, 0.25) is 0 Å². The molecule has 3 heteroatoms. The zero-order valence-corrected chi connectivity index (χ0v) is 11.9. The van der Waals surface area contributed by atoms with Gasteiger partial charge in [0.25, 0.3) is 0 Å². The quantitative estimate of drug-likeness (QED) is 0.474. The van der Waals surface area contributed by atoms with Gasteiger partial charge in [-0.1, -0.05) is 70.5 Å². The molecule has 0 amide bonds. The summed E-state index contributed by atoms with van der Waals surface area (Å²) < 4.78 is 0. The van der Waals surface area contributed by atoms with Gasteiger partial charge in [-0.15, -0.1) is 0 Å². The molecule has 0 spiro atoms. The van der Waals surface area contributed by atoms with Crippen molar-refractivity contribution >= 4 is 27.5 Å². The molecule has 0 saturated heterocycles. The van der Waals surface area contributed by atoms with Crippen LogP contribution in [0.1, 0.15) is 32.7 Å². The third-order valence-electron chi connectivity index (χ3n) is 2.85. The van der Waals surface area contributed by atoms with E-state index in [1.165, 1.54) is 0 Å². The smallest absolute Gasteiger partial charge is 0.170 e. The average Bonchev–Trinajstić information content (AvgIpc) is 2.48. The van der Waals surface area contributed by atoms with Crippen molar-refractivity contribution in [3.8, 4) is 0 Å². The van der Waals surface area contributed by atoms with E-state index in [1.807, 2.05) is 18.2 Å². The van der Waals surface area contributed by atoms with Gasteiger partial charge in [-0.25, -0.2) is 0 Å². The zero-order chi connectivity index (χ0) is 13.7. The fourth-order valence-corrected chi connectivity index (χ4v) is 2.13. The molecule has 2 rings (SSSR count). The Morgan fingerprint density at radius 3 is 1.84 bits per heavy atom. The fourth-order valence-electron chi connectivity index (χ4n) is 1.75. The first kappa shape index (κ1) is 13.7. The number of carbonyl (C=O) groups is 2. The SMILES string of the molecule is O=C(CC(=O)c1ccc(CBr)cc1)c1ccccc1. The normalized spacial score (nSPS) is 10.2. The molecule has 0 aromatic heterocycles. The molecule has 0 atom stereocenters. The van der Waals surface area contributed by atoms with Crippen LogP contribution in [0, 0.1) is 0 Å². The minimum Gasteiger partial charge on any atom is -0.294 e. The Balaban J connectivity index is 2.06. The highest BCUT2D eigenvalue weighted by atomic mass is 79.9. The van der Waals surface area contributed by atoms with Crippen molar-refractivity contribution in [2.75, 3.05) is 0 Å². The van der Waals surface area contributed by atoms with Crippen LogP contribution in [0.4, 0.5) is 0 Å². The summed E-state index contributed by atoms with van der Waals surface area (Å²) in [7, 11) is 0. The van der Waals surface area contributed by atoms with Crippen molar-refractivity contribution in [2.45, 2.75) is 11.8 Å². The van der Waals surface area contributed by atoms with E-state index in [0.717, 1.165) is 10.9 Å². The van der Waals surface area contributed by atoms with Gasteiger partial charge in [-0.05, 0) is 5.56 Å². The Morgan fingerprint density at radius 1 is 0.789 bits per heavy atom. The molecule has 0 fully saturated rings. The molecule has 2 aromatic rings. The van der Waals surface area contributed by atoms with Gasteiger partial charge in [-0.3, -0.25) is 9.59 Å². The Kier molecular flexibility index (Phi) is 4.63. The number of halogens is 1. The molecule has 0 heterocycles. The standard InChI is InChI=1S/C16H13BrO2/c17-11-12-6-8-14(9-7-12)16(19)10-15(18)13-4-2-1-3-5-13/h1-9H,10-11H2. The fraction of sp³-hybridized carbons (Fsp3) is 0.125. The lowest BCUT2D eigenvalue weighted by atomic mass is 10.0. The minimum absolute atomic E-state index is 0.0856. The van der Waals surface area contributed by atoms with Crippen LogP contribution in [0.3, 0.4) is 0 Å². The van der Waals surface area contributed by atoms with Crippen molar-refractivity contribution in [1.82, 2.24) is 0 Å². The Labute approximate surface area is 120 Å². The Bertz CT molecular complexity index is 573. The number of benzene rings is 2. The lowest BCUT2D eigenvalue weighted by Gasteiger charge is -2.02. The van der Waals surface area contributed by atoms with Crippen LogP contribution >= 0.6 is 15.9 Å². The van der Waals surface area contributed by atoms with E-state index in [-0.39, 0.29) is 18.0 Å². The molecule has 2 aromatic carbocycles. The van der Waals surface area contributed by atoms with E-state index in [0.29, 0.717) is 11.1 Å². The summed E-state index contributed by atoms with van der Waals surface area (Å²) in [6.45, 7) is 0. The number of rotatable bonds is 5. The maximum Gasteiger partial charge on any atom is 0.170 e. The van der Waals surface area contributed by atoms with Crippen molar-refractivity contribution in [3.63, 3.8) is 0 Å². The molecule has 0 aliphatic rings. The van der Waals surface area contributed by atoms with Crippen LogP contribution in [-0.4, -0.2) is 11.6 Å². The molecule has 0 bridgehead atoms. The molecule has 0 radical (unpaired) electrons. The zero-order valence-electron chi connectivity index (χ0n) is 10.3. The molecular weight excluding hydrogens is 304 g/mol. The van der Waals surface area contributed by atoms with E-state index in [2.05, 4.69) is 15.9 Å². The molecule has 2 nitrogen and oxygen atoms in total. The summed E-state index contributed by atoms with van der Waals surface area (Å²) in [5.41, 5.74) is 2.26. The van der Waals surface area contributed by atoms with Crippen LogP contribution in [0.15, 0.2) is 54.6 Å². The Morgan fingerprint density at radius 2 is 1.32 bits per heavy atom. The van der Waals surface area contributed by atoms with Crippen molar-refractivity contribution < 1.29 is 9.59 Å². The summed E-state index contributed by atoms with van der Waals surface area (Å²) in [6, 6.07) is 16.2. The number of carbonyl (C=O) groups excluding carboxylic acids is 2.